The Morgan fingerprint density at radius 3 is 2.53 bits per heavy atom. The van der Waals surface area contributed by atoms with E-state index in [2.05, 4.69) is 0 Å². The minimum absolute atomic E-state index is 0.0256. The molecule has 2 aromatic carbocycles. The molecule has 6 nitrogen and oxygen atoms in total. The van der Waals surface area contributed by atoms with Gasteiger partial charge in [-0.1, -0.05) is 18.2 Å². The molecule has 0 N–H and O–H groups in total. The maximum atomic E-state index is 13.2. The normalized spacial score (nSPS) is 17.0. The van der Waals surface area contributed by atoms with E-state index in [0.29, 0.717) is 28.2 Å². The number of fused-ring (bicyclic) bond motifs is 1. The van der Waals surface area contributed by atoms with Gasteiger partial charge in [0.05, 0.1) is 6.54 Å². The van der Waals surface area contributed by atoms with Crippen molar-refractivity contribution in [2.24, 2.45) is 0 Å². The molecule has 2 aliphatic rings. The number of rotatable bonds is 4. The highest BCUT2D eigenvalue weighted by Crippen LogP contribution is 2.34. The summed E-state index contributed by atoms with van der Waals surface area (Å²) in [4.78, 5) is 28.3. The van der Waals surface area contributed by atoms with Gasteiger partial charge >= 0.3 is 0 Å². The summed E-state index contributed by atoms with van der Waals surface area (Å²) in [6.45, 7) is 1.81. The molecule has 4 rings (SSSR count). The molecule has 0 aromatic heterocycles. The van der Waals surface area contributed by atoms with Crippen molar-refractivity contribution in [3.8, 4) is 17.6 Å². The molecule has 30 heavy (non-hydrogen) atoms. The van der Waals surface area contributed by atoms with Gasteiger partial charge in [-0.05, 0) is 60.2 Å². The van der Waals surface area contributed by atoms with Crippen LogP contribution in [0.4, 0.5) is 0 Å². The molecule has 0 bridgehead atoms. The maximum absolute atomic E-state index is 13.2. The van der Waals surface area contributed by atoms with Crippen LogP contribution in [-0.4, -0.2) is 29.8 Å². The van der Waals surface area contributed by atoms with Gasteiger partial charge in [0.15, 0.2) is 11.5 Å². The molecular weight excluding hydrogens is 400 g/mol. The summed E-state index contributed by atoms with van der Waals surface area (Å²) in [5.41, 5.74) is 2.24. The van der Waals surface area contributed by atoms with Crippen molar-refractivity contribution in [3.05, 3.63) is 70.3 Å². The Bertz CT molecular complexity index is 1140. The van der Waals surface area contributed by atoms with Gasteiger partial charge in [-0.2, -0.15) is 5.26 Å². The van der Waals surface area contributed by atoms with Gasteiger partial charge in [0.2, 0.25) is 6.79 Å². The monoisotopic (exact) mass is 418 g/mol. The summed E-state index contributed by atoms with van der Waals surface area (Å²) in [7, 11) is 0. The van der Waals surface area contributed by atoms with Gasteiger partial charge in [-0.3, -0.25) is 14.5 Å². The quantitative estimate of drug-likeness (QED) is 0.425. The number of amides is 2. The van der Waals surface area contributed by atoms with E-state index >= 15 is 0 Å². The summed E-state index contributed by atoms with van der Waals surface area (Å²) in [5.74, 6) is 0.176. The second-order valence-corrected chi connectivity index (χ2v) is 7.71. The second-order valence-electron chi connectivity index (χ2n) is 6.83. The van der Waals surface area contributed by atoms with Gasteiger partial charge in [0.25, 0.3) is 11.8 Å². The van der Waals surface area contributed by atoms with E-state index in [1.165, 1.54) is 0 Å². The fraction of sp³-hybridized carbons (Fsp3) is 0.174. The van der Waals surface area contributed by atoms with Crippen LogP contribution in [0, 0.1) is 11.3 Å². The van der Waals surface area contributed by atoms with Crippen molar-refractivity contribution in [1.29, 1.82) is 5.26 Å². The molecule has 2 aromatic rings. The van der Waals surface area contributed by atoms with Crippen molar-refractivity contribution in [3.63, 3.8) is 0 Å². The fourth-order valence-corrected chi connectivity index (χ4v) is 3.77. The number of benzene rings is 2. The third kappa shape index (κ3) is 3.58. The topological polar surface area (TPSA) is 79.6 Å². The van der Waals surface area contributed by atoms with Crippen LogP contribution in [-0.2, 0) is 16.1 Å². The highest BCUT2D eigenvalue weighted by molar-refractivity contribution is 7.98. The Kier molecular flexibility index (Phi) is 5.34. The number of nitriles is 1. The first-order chi connectivity index (χ1) is 14.5. The number of carbonyl (C=O) groups is 2. The Morgan fingerprint density at radius 1 is 1.10 bits per heavy atom. The molecule has 0 spiro atoms. The van der Waals surface area contributed by atoms with Crippen LogP contribution in [0.2, 0.25) is 0 Å². The Labute approximate surface area is 178 Å². The summed E-state index contributed by atoms with van der Waals surface area (Å²) < 4.78 is 10.7. The van der Waals surface area contributed by atoms with Crippen LogP contribution in [0.1, 0.15) is 18.1 Å². The zero-order valence-corrected chi connectivity index (χ0v) is 17.3. The number of carbonyl (C=O) groups excluding carboxylic acids is 2. The van der Waals surface area contributed by atoms with Crippen molar-refractivity contribution >= 4 is 29.7 Å². The lowest BCUT2D eigenvalue weighted by Crippen LogP contribution is -2.42. The molecule has 0 aliphatic carbocycles. The van der Waals surface area contributed by atoms with E-state index < -0.39 is 11.8 Å². The average Bonchev–Trinajstić information content (AvgIpc) is 3.23. The molecule has 0 radical (unpaired) electrons. The van der Waals surface area contributed by atoms with Gasteiger partial charge < -0.3 is 9.47 Å². The molecule has 7 heteroatoms. The predicted octanol–water partition coefficient (Wildman–Crippen LogP) is 3.93. The van der Waals surface area contributed by atoms with Crippen LogP contribution in [0.3, 0.4) is 0 Å². The average molecular weight is 418 g/mol. The lowest BCUT2D eigenvalue weighted by Gasteiger charge is -2.27. The third-order valence-corrected chi connectivity index (χ3v) is 5.77. The first kappa shape index (κ1) is 19.8. The van der Waals surface area contributed by atoms with Crippen LogP contribution in [0.15, 0.2) is 64.1 Å². The van der Waals surface area contributed by atoms with Crippen molar-refractivity contribution in [2.45, 2.75) is 18.4 Å². The van der Waals surface area contributed by atoms with Crippen LogP contribution < -0.4 is 9.47 Å². The van der Waals surface area contributed by atoms with E-state index in [1.807, 2.05) is 36.6 Å². The number of hydrogen-bond acceptors (Lipinski definition) is 6. The van der Waals surface area contributed by atoms with Gasteiger partial charge in [-0.25, -0.2) is 0 Å². The predicted molar refractivity (Wildman–Crippen MR) is 113 cm³/mol. The standard InChI is InChI=1S/C23H18N2O4S/c1-14-18(9-15-3-6-17(30-2)7-4-15)22(26)25(23(27)19(14)11-24)12-16-5-8-20-21(10-16)29-13-28-20/h3-10H,12-13H2,1-2H3/b18-9+. The highest BCUT2D eigenvalue weighted by atomic mass is 32.2. The minimum atomic E-state index is -0.590. The maximum Gasteiger partial charge on any atom is 0.271 e. The first-order valence-corrected chi connectivity index (χ1v) is 10.5. The summed E-state index contributed by atoms with van der Waals surface area (Å²) in [6.07, 6.45) is 3.71. The van der Waals surface area contributed by atoms with Gasteiger partial charge in [-0.15, -0.1) is 11.8 Å². The SMILES string of the molecule is CSc1ccc(/C=C2/C(=O)N(Cc3ccc4c(c3)OCO4)C(=O)C(C#N)=C2C)cc1. The molecule has 0 atom stereocenters. The smallest absolute Gasteiger partial charge is 0.271 e. The summed E-state index contributed by atoms with van der Waals surface area (Å²) >= 11 is 1.63. The minimum Gasteiger partial charge on any atom is -0.454 e. The molecule has 2 amide bonds. The zero-order chi connectivity index (χ0) is 21.3. The van der Waals surface area contributed by atoms with Gasteiger partial charge in [0, 0.05) is 10.5 Å². The Balaban J connectivity index is 1.70. The number of thioether (sulfide) groups is 1. The van der Waals surface area contributed by atoms with Gasteiger partial charge in [0.1, 0.15) is 11.6 Å². The molecule has 0 fully saturated rings. The highest BCUT2D eigenvalue weighted by Gasteiger charge is 2.35. The van der Waals surface area contributed by atoms with Crippen molar-refractivity contribution in [2.75, 3.05) is 13.0 Å². The summed E-state index contributed by atoms with van der Waals surface area (Å²) in [6, 6.07) is 15.0. The van der Waals surface area contributed by atoms with Crippen LogP contribution >= 0.6 is 11.8 Å². The summed E-state index contributed by atoms with van der Waals surface area (Å²) in [5, 5.41) is 9.55. The second kappa shape index (κ2) is 8.09. The van der Waals surface area contributed by atoms with E-state index in [0.717, 1.165) is 15.4 Å². The number of ether oxygens (including phenoxy) is 2. The Morgan fingerprint density at radius 2 is 1.83 bits per heavy atom. The first-order valence-electron chi connectivity index (χ1n) is 9.23. The number of hydrogen-bond donors (Lipinski definition) is 0. The molecule has 0 saturated heterocycles. The lowest BCUT2D eigenvalue weighted by atomic mass is 9.93. The van der Waals surface area contributed by atoms with Crippen molar-refractivity contribution < 1.29 is 19.1 Å². The van der Waals surface area contributed by atoms with Crippen LogP contribution in [0.25, 0.3) is 6.08 Å². The van der Waals surface area contributed by atoms with Crippen LogP contribution in [0.5, 0.6) is 11.5 Å². The zero-order valence-electron chi connectivity index (χ0n) is 16.5. The molecular formula is C23H18N2O4S. The molecule has 0 saturated carbocycles. The van der Waals surface area contributed by atoms with Crippen molar-refractivity contribution in [1.82, 2.24) is 4.90 Å². The van der Waals surface area contributed by atoms with E-state index in [-0.39, 0.29) is 18.9 Å². The lowest BCUT2D eigenvalue weighted by molar-refractivity contribution is -0.141. The Hall–Kier alpha value is -3.50. The van der Waals surface area contributed by atoms with E-state index in [4.69, 9.17) is 9.47 Å². The number of imide groups is 1. The molecule has 0 unspecified atom stereocenters. The molecule has 2 heterocycles. The molecule has 150 valence electrons. The fourth-order valence-electron chi connectivity index (χ4n) is 3.36. The largest absolute Gasteiger partial charge is 0.454 e. The van der Waals surface area contributed by atoms with E-state index in [1.54, 1.807) is 43.0 Å². The number of nitrogens with zero attached hydrogens (tertiary/aromatic N) is 2. The van der Waals surface area contributed by atoms with E-state index in [9.17, 15) is 14.9 Å². The third-order valence-electron chi connectivity index (χ3n) is 5.03. The molecule has 2 aliphatic heterocycles.